The smallest absolute Gasteiger partial charge is 0.174 e. The van der Waals surface area contributed by atoms with Crippen LogP contribution >= 0.6 is 0 Å². The second-order valence-electron chi connectivity index (χ2n) is 10.8. The van der Waals surface area contributed by atoms with Gasteiger partial charge in [-0.15, -0.1) is 0 Å². The lowest BCUT2D eigenvalue weighted by Crippen LogP contribution is -2.60. The van der Waals surface area contributed by atoms with E-state index in [1.54, 1.807) is 0 Å². The Kier molecular flexibility index (Phi) is 4.09. The van der Waals surface area contributed by atoms with Gasteiger partial charge in [0.2, 0.25) is 0 Å². The van der Waals surface area contributed by atoms with E-state index in [0.717, 1.165) is 52.1 Å². The van der Waals surface area contributed by atoms with E-state index in [-0.39, 0.29) is 22.4 Å². The van der Waals surface area contributed by atoms with Crippen LogP contribution in [0.15, 0.2) is 0 Å². The standard InChI is InChI=1S/C23H36O5/c1-20-6-4-19-17(18(20)5-7-23(20)27-12-13-28-23)3-2-16-14-22(25-10-11-26-22)9-8-21(16,19)15-24/h16-19,24H,2-15H2,1H3/t16-,17?,18+,19+,20?,21-/m1/s1. The molecule has 158 valence electrons. The zero-order valence-electron chi connectivity index (χ0n) is 17.3. The van der Waals surface area contributed by atoms with Crippen LogP contribution in [-0.4, -0.2) is 49.7 Å². The van der Waals surface area contributed by atoms with Crippen LogP contribution in [0.3, 0.4) is 0 Å². The Morgan fingerprint density at radius 1 is 0.786 bits per heavy atom. The average molecular weight is 393 g/mol. The highest BCUT2D eigenvalue weighted by atomic mass is 16.7. The van der Waals surface area contributed by atoms with Gasteiger partial charge in [-0.05, 0) is 67.6 Å². The van der Waals surface area contributed by atoms with Crippen molar-refractivity contribution in [1.29, 1.82) is 0 Å². The molecule has 6 fully saturated rings. The van der Waals surface area contributed by atoms with E-state index in [1.807, 2.05) is 0 Å². The summed E-state index contributed by atoms with van der Waals surface area (Å²) in [5.41, 5.74) is 0.208. The van der Waals surface area contributed by atoms with Gasteiger partial charge in [-0.2, -0.15) is 0 Å². The first-order valence-electron chi connectivity index (χ1n) is 11.7. The number of ether oxygens (including phenoxy) is 4. The summed E-state index contributed by atoms with van der Waals surface area (Å²) in [7, 11) is 0. The van der Waals surface area contributed by atoms with Crippen molar-refractivity contribution in [2.45, 2.75) is 76.3 Å². The molecule has 2 saturated heterocycles. The van der Waals surface area contributed by atoms with Gasteiger partial charge in [0.1, 0.15) is 0 Å². The second kappa shape index (κ2) is 6.16. The minimum absolute atomic E-state index is 0.0674. The Labute approximate surface area is 168 Å². The molecule has 0 amide bonds. The molecule has 4 saturated carbocycles. The molecule has 6 atom stereocenters. The first kappa shape index (κ1) is 18.6. The van der Waals surface area contributed by atoms with Crippen LogP contribution < -0.4 is 0 Å². The summed E-state index contributed by atoms with van der Waals surface area (Å²) in [6.07, 6.45) is 10.1. The van der Waals surface area contributed by atoms with Gasteiger partial charge in [0.05, 0.1) is 26.4 Å². The number of aliphatic hydroxyl groups is 1. The van der Waals surface area contributed by atoms with E-state index < -0.39 is 0 Å². The number of aliphatic hydroxyl groups excluding tert-OH is 1. The highest BCUT2D eigenvalue weighted by molar-refractivity contribution is 5.14. The van der Waals surface area contributed by atoms with E-state index >= 15 is 0 Å². The van der Waals surface area contributed by atoms with Gasteiger partial charge < -0.3 is 24.1 Å². The first-order valence-corrected chi connectivity index (χ1v) is 11.7. The molecular formula is C23H36O5. The van der Waals surface area contributed by atoms with Crippen molar-refractivity contribution >= 4 is 0 Å². The normalized spacial score (nSPS) is 51.2. The summed E-state index contributed by atoms with van der Waals surface area (Å²) in [6, 6.07) is 0. The second-order valence-corrected chi connectivity index (χ2v) is 10.8. The van der Waals surface area contributed by atoms with Crippen LogP contribution in [-0.2, 0) is 18.9 Å². The van der Waals surface area contributed by atoms with Gasteiger partial charge in [-0.25, -0.2) is 0 Å². The van der Waals surface area contributed by atoms with Crippen LogP contribution in [0.1, 0.15) is 64.7 Å². The van der Waals surface area contributed by atoms with Crippen molar-refractivity contribution in [3.63, 3.8) is 0 Å². The molecule has 2 unspecified atom stereocenters. The van der Waals surface area contributed by atoms with Gasteiger partial charge in [-0.3, -0.25) is 0 Å². The van der Waals surface area contributed by atoms with Crippen LogP contribution in [0.4, 0.5) is 0 Å². The zero-order valence-corrected chi connectivity index (χ0v) is 17.3. The molecule has 4 aliphatic carbocycles. The minimum atomic E-state index is -0.345. The highest BCUT2D eigenvalue weighted by Crippen LogP contribution is 2.70. The fourth-order valence-corrected chi connectivity index (χ4v) is 8.95. The molecule has 2 spiro atoms. The molecule has 5 nitrogen and oxygen atoms in total. The maximum atomic E-state index is 10.7. The van der Waals surface area contributed by atoms with Crippen molar-refractivity contribution in [3.05, 3.63) is 0 Å². The summed E-state index contributed by atoms with van der Waals surface area (Å²) in [5.74, 6) is 1.86. The Morgan fingerprint density at radius 2 is 1.50 bits per heavy atom. The molecule has 28 heavy (non-hydrogen) atoms. The molecular weight excluding hydrogens is 356 g/mol. The molecule has 2 aliphatic heterocycles. The SMILES string of the molecule is CC12CC[C@H]3C(CC[C@@H]4CC5(CC[C@@]43CO)OCCO5)[C@@H]1CCC21OCCO1. The number of fused-ring (bicyclic) bond motifs is 6. The van der Waals surface area contributed by atoms with E-state index in [1.165, 1.54) is 32.1 Å². The van der Waals surface area contributed by atoms with E-state index in [2.05, 4.69) is 6.92 Å². The fourth-order valence-electron chi connectivity index (χ4n) is 8.95. The topological polar surface area (TPSA) is 57.2 Å². The lowest BCUT2D eigenvalue weighted by molar-refractivity contribution is -0.263. The van der Waals surface area contributed by atoms with Crippen LogP contribution in [0.5, 0.6) is 0 Å². The number of hydrogen-bond acceptors (Lipinski definition) is 5. The molecule has 6 aliphatic rings. The summed E-state index contributed by atoms with van der Waals surface area (Å²) < 4.78 is 24.7. The number of rotatable bonds is 1. The average Bonchev–Trinajstić information content (AvgIpc) is 3.43. The largest absolute Gasteiger partial charge is 0.396 e. The molecule has 0 bridgehead atoms. The van der Waals surface area contributed by atoms with Crippen molar-refractivity contribution in [2.75, 3.05) is 33.0 Å². The molecule has 6 rings (SSSR count). The van der Waals surface area contributed by atoms with Gasteiger partial charge in [0.15, 0.2) is 11.6 Å². The van der Waals surface area contributed by atoms with Gasteiger partial charge in [0.25, 0.3) is 0 Å². The lowest BCUT2D eigenvalue weighted by atomic mass is 9.44. The first-order chi connectivity index (χ1) is 13.6. The number of hydrogen-bond donors (Lipinski definition) is 1. The molecule has 0 aromatic carbocycles. The molecule has 2 heterocycles. The predicted molar refractivity (Wildman–Crippen MR) is 102 cm³/mol. The Bertz CT molecular complexity index is 624. The Balaban J connectivity index is 1.30. The van der Waals surface area contributed by atoms with Gasteiger partial charge >= 0.3 is 0 Å². The van der Waals surface area contributed by atoms with Crippen molar-refractivity contribution in [1.82, 2.24) is 0 Å². The van der Waals surface area contributed by atoms with Crippen LogP contribution in [0.25, 0.3) is 0 Å². The maximum Gasteiger partial charge on any atom is 0.174 e. The summed E-state index contributed by atoms with van der Waals surface area (Å²) >= 11 is 0. The maximum absolute atomic E-state index is 10.7. The third kappa shape index (κ3) is 2.21. The van der Waals surface area contributed by atoms with Crippen molar-refractivity contribution < 1.29 is 24.1 Å². The summed E-state index contributed by atoms with van der Waals surface area (Å²) in [5, 5.41) is 10.7. The Hall–Kier alpha value is -0.200. The third-order valence-electron chi connectivity index (χ3n) is 10.3. The molecule has 0 aromatic rings. The fraction of sp³-hybridized carbons (Fsp3) is 1.00. The van der Waals surface area contributed by atoms with E-state index in [4.69, 9.17) is 18.9 Å². The van der Waals surface area contributed by atoms with Crippen molar-refractivity contribution in [3.8, 4) is 0 Å². The Morgan fingerprint density at radius 3 is 2.25 bits per heavy atom. The van der Waals surface area contributed by atoms with Crippen molar-refractivity contribution in [2.24, 2.45) is 34.5 Å². The van der Waals surface area contributed by atoms with E-state index in [0.29, 0.717) is 30.3 Å². The monoisotopic (exact) mass is 392 g/mol. The zero-order chi connectivity index (χ0) is 19.0. The molecule has 5 heteroatoms. The van der Waals surface area contributed by atoms with Crippen LogP contribution in [0, 0.1) is 34.5 Å². The van der Waals surface area contributed by atoms with Gasteiger partial charge in [0, 0.05) is 31.3 Å². The quantitative estimate of drug-likeness (QED) is 0.740. The predicted octanol–water partition coefficient (Wildman–Crippen LogP) is 3.49. The molecule has 1 N–H and O–H groups in total. The van der Waals surface area contributed by atoms with E-state index in [9.17, 15) is 5.11 Å². The highest BCUT2D eigenvalue weighted by Gasteiger charge is 2.68. The van der Waals surface area contributed by atoms with Crippen LogP contribution in [0.2, 0.25) is 0 Å². The van der Waals surface area contributed by atoms with Gasteiger partial charge in [-0.1, -0.05) is 6.92 Å². The summed E-state index contributed by atoms with van der Waals surface area (Å²) in [6.45, 7) is 5.74. The summed E-state index contributed by atoms with van der Waals surface area (Å²) in [4.78, 5) is 0. The lowest BCUT2D eigenvalue weighted by Gasteiger charge is -2.62. The molecule has 0 radical (unpaired) electrons. The minimum Gasteiger partial charge on any atom is -0.396 e. The molecule has 0 aromatic heterocycles. The third-order valence-corrected chi connectivity index (χ3v) is 10.3.